The predicted molar refractivity (Wildman–Crippen MR) is 96.4 cm³/mol. The molecule has 0 unspecified atom stereocenters. The average Bonchev–Trinajstić information content (AvgIpc) is 3.28. The second-order valence-electron chi connectivity index (χ2n) is 6.30. The molecular weight excluding hydrogens is 314 g/mol. The highest BCUT2D eigenvalue weighted by molar-refractivity contribution is 6.12. The Morgan fingerprint density at radius 3 is 2.44 bits per heavy atom. The van der Waals surface area contributed by atoms with Crippen molar-refractivity contribution in [2.24, 2.45) is 4.99 Å². The molecule has 1 heterocycles. The first-order chi connectivity index (χ1) is 12.3. The molecule has 2 aromatic rings. The van der Waals surface area contributed by atoms with Crippen LogP contribution in [-0.4, -0.2) is 18.0 Å². The Bertz CT molecular complexity index is 816. The lowest BCUT2D eigenvalue weighted by atomic mass is 10.2. The van der Waals surface area contributed by atoms with E-state index in [4.69, 9.17) is 9.47 Å². The van der Waals surface area contributed by atoms with Crippen molar-refractivity contribution in [1.29, 1.82) is 0 Å². The Morgan fingerprint density at radius 1 is 1.00 bits per heavy atom. The summed E-state index contributed by atoms with van der Waals surface area (Å²) < 4.78 is 11.2. The number of cyclic esters (lactones) is 1. The van der Waals surface area contributed by atoms with E-state index in [1.165, 1.54) is 12.8 Å². The van der Waals surface area contributed by atoms with Gasteiger partial charge in [-0.15, -0.1) is 0 Å². The van der Waals surface area contributed by atoms with Gasteiger partial charge in [0.05, 0.1) is 6.10 Å². The van der Waals surface area contributed by atoms with Crippen molar-refractivity contribution in [1.82, 2.24) is 0 Å². The number of carbonyl (C=O) groups excluding carboxylic acids is 1. The van der Waals surface area contributed by atoms with Crippen LogP contribution in [0.3, 0.4) is 0 Å². The summed E-state index contributed by atoms with van der Waals surface area (Å²) in [5.74, 6) is 0.791. The van der Waals surface area contributed by atoms with Crippen LogP contribution in [0.4, 0.5) is 0 Å². The zero-order valence-corrected chi connectivity index (χ0v) is 13.9. The van der Waals surface area contributed by atoms with Crippen molar-refractivity contribution >= 4 is 17.9 Å². The Labute approximate surface area is 146 Å². The number of rotatable bonds is 4. The third-order valence-electron chi connectivity index (χ3n) is 4.43. The van der Waals surface area contributed by atoms with Crippen molar-refractivity contribution in [3.8, 4) is 5.75 Å². The van der Waals surface area contributed by atoms with Gasteiger partial charge in [0.15, 0.2) is 5.70 Å². The number of ether oxygens (including phenoxy) is 2. The second-order valence-corrected chi connectivity index (χ2v) is 6.30. The molecule has 126 valence electrons. The van der Waals surface area contributed by atoms with Gasteiger partial charge in [-0.05, 0) is 61.6 Å². The summed E-state index contributed by atoms with van der Waals surface area (Å²) in [6.07, 6.45) is 6.84. The minimum Gasteiger partial charge on any atom is -0.490 e. The summed E-state index contributed by atoms with van der Waals surface area (Å²) in [7, 11) is 0. The van der Waals surface area contributed by atoms with E-state index in [1.807, 2.05) is 54.6 Å². The molecule has 0 amide bonds. The normalized spacial score (nSPS) is 19.1. The standard InChI is InChI=1S/C21H19NO3/c23-21-19(22-20(25-21)16-6-2-1-3-7-16)14-15-10-12-18(13-11-15)24-17-8-4-5-9-17/h1-3,6-7,10-14,17H,4-5,8-9H2/b19-14-. The molecule has 1 saturated carbocycles. The van der Waals surface area contributed by atoms with Crippen molar-refractivity contribution in [3.63, 3.8) is 0 Å². The molecule has 0 atom stereocenters. The summed E-state index contributed by atoms with van der Waals surface area (Å²) in [6, 6.07) is 17.1. The fourth-order valence-electron chi connectivity index (χ4n) is 3.11. The monoisotopic (exact) mass is 333 g/mol. The molecule has 1 fully saturated rings. The molecule has 4 nitrogen and oxygen atoms in total. The summed E-state index contributed by atoms with van der Waals surface area (Å²) in [6.45, 7) is 0. The molecule has 0 radical (unpaired) electrons. The van der Waals surface area contributed by atoms with Gasteiger partial charge in [0.2, 0.25) is 5.90 Å². The Hall–Kier alpha value is -2.88. The topological polar surface area (TPSA) is 47.9 Å². The van der Waals surface area contributed by atoms with E-state index in [1.54, 1.807) is 6.08 Å². The zero-order chi connectivity index (χ0) is 17.1. The minimum atomic E-state index is -0.426. The first-order valence-corrected chi connectivity index (χ1v) is 8.63. The predicted octanol–water partition coefficient (Wildman–Crippen LogP) is 4.35. The second kappa shape index (κ2) is 6.93. The number of nitrogens with zero attached hydrogens (tertiary/aromatic N) is 1. The SMILES string of the molecule is O=C1OC(c2ccccc2)=N/C1=C\c1ccc(OC2CCCC2)cc1. The number of carbonyl (C=O) groups is 1. The van der Waals surface area contributed by atoms with Crippen molar-refractivity contribution < 1.29 is 14.3 Å². The Morgan fingerprint density at radius 2 is 1.72 bits per heavy atom. The van der Waals surface area contributed by atoms with E-state index < -0.39 is 5.97 Å². The molecular formula is C21H19NO3. The molecule has 2 aromatic carbocycles. The van der Waals surface area contributed by atoms with Gasteiger partial charge >= 0.3 is 5.97 Å². The van der Waals surface area contributed by atoms with Crippen LogP contribution in [0.5, 0.6) is 5.75 Å². The maximum atomic E-state index is 12.0. The lowest BCUT2D eigenvalue weighted by Gasteiger charge is -2.12. The number of esters is 1. The molecule has 0 saturated heterocycles. The van der Waals surface area contributed by atoms with Gasteiger partial charge in [-0.3, -0.25) is 0 Å². The van der Waals surface area contributed by atoms with Crippen LogP contribution in [0, 0.1) is 0 Å². The maximum Gasteiger partial charge on any atom is 0.363 e. The quantitative estimate of drug-likeness (QED) is 0.617. The summed E-state index contributed by atoms with van der Waals surface area (Å²) in [5.41, 5.74) is 1.99. The largest absolute Gasteiger partial charge is 0.490 e. The van der Waals surface area contributed by atoms with E-state index in [-0.39, 0.29) is 0 Å². The van der Waals surface area contributed by atoms with Gasteiger partial charge in [-0.2, -0.15) is 0 Å². The third-order valence-corrected chi connectivity index (χ3v) is 4.43. The van der Waals surface area contributed by atoms with E-state index in [0.717, 1.165) is 29.7 Å². The Balaban J connectivity index is 1.50. The average molecular weight is 333 g/mol. The van der Waals surface area contributed by atoms with Crippen molar-refractivity contribution in [2.75, 3.05) is 0 Å². The van der Waals surface area contributed by atoms with E-state index in [0.29, 0.717) is 17.7 Å². The zero-order valence-electron chi connectivity index (χ0n) is 13.9. The van der Waals surface area contributed by atoms with Crippen molar-refractivity contribution in [3.05, 3.63) is 71.4 Å². The lowest BCUT2D eigenvalue weighted by molar-refractivity contribution is -0.129. The van der Waals surface area contributed by atoms with Crippen LogP contribution in [0.15, 0.2) is 65.3 Å². The minimum absolute atomic E-state index is 0.309. The molecule has 1 aliphatic heterocycles. The number of benzene rings is 2. The number of hydrogen-bond acceptors (Lipinski definition) is 4. The highest BCUT2D eigenvalue weighted by Gasteiger charge is 2.24. The summed E-state index contributed by atoms with van der Waals surface area (Å²) >= 11 is 0. The fraction of sp³-hybridized carbons (Fsp3) is 0.238. The Kier molecular flexibility index (Phi) is 4.34. The van der Waals surface area contributed by atoms with E-state index in [2.05, 4.69) is 4.99 Å². The van der Waals surface area contributed by atoms with E-state index in [9.17, 15) is 4.79 Å². The summed E-state index contributed by atoms with van der Waals surface area (Å²) in [5, 5.41) is 0. The number of aliphatic imine (C=N–C) groups is 1. The molecule has 0 N–H and O–H groups in total. The molecule has 0 aromatic heterocycles. The van der Waals surface area contributed by atoms with Crippen LogP contribution in [0.1, 0.15) is 36.8 Å². The van der Waals surface area contributed by atoms with Gasteiger partial charge in [0.1, 0.15) is 5.75 Å². The highest BCUT2D eigenvalue weighted by Crippen LogP contribution is 2.25. The molecule has 1 aliphatic carbocycles. The first kappa shape index (κ1) is 15.6. The van der Waals surface area contributed by atoms with E-state index >= 15 is 0 Å². The van der Waals surface area contributed by atoms with Crippen LogP contribution in [-0.2, 0) is 9.53 Å². The van der Waals surface area contributed by atoms with Gasteiger partial charge in [-0.25, -0.2) is 9.79 Å². The summed E-state index contributed by atoms with van der Waals surface area (Å²) in [4.78, 5) is 16.3. The van der Waals surface area contributed by atoms with Gasteiger partial charge < -0.3 is 9.47 Å². The molecule has 4 heteroatoms. The molecule has 2 aliphatic rings. The van der Waals surface area contributed by atoms with Crippen LogP contribution in [0.25, 0.3) is 6.08 Å². The smallest absolute Gasteiger partial charge is 0.363 e. The molecule has 0 bridgehead atoms. The number of hydrogen-bond donors (Lipinski definition) is 0. The molecule has 0 spiro atoms. The fourth-order valence-corrected chi connectivity index (χ4v) is 3.11. The van der Waals surface area contributed by atoms with Gasteiger partial charge in [0, 0.05) is 5.56 Å². The maximum absolute atomic E-state index is 12.0. The van der Waals surface area contributed by atoms with Gasteiger partial charge in [-0.1, -0.05) is 30.3 Å². The third kappa shape index (κ3) is 3.63. The van der Waals surface area contributed by atoms with Crippen LogP contribution in [0.2, 0.25) is 0 Å². The van der Waals surface area contributed by atoms with Crippen molar-refractivity contribution in [2.45, 2.75) is 31.8 Å². The molecule has 4 rings (SSSR count). The van der Waals surface area contributed by atoms with Crippen LogP contribution < -0.4 is 4.74 Å². The lowest BCUT2D eigenvalue weighted by Crippen LogP contribution is -2.10. The highest BCUT2D eigenvalue weighted by atomic mass is 16.6. The first-order valence-electron chi connectivity index (χ1n) is 8.63. The molecule has 25 heavy (non-hydrogen) atoms. The van der Waals surface area contributed by atoms with Gasteiger partial charge in [0.25, 0.3) is 0 Å². The van der Waals surface area contributed by atoms with Crippen LogP contribution >= 0.6 is 0 Å².